The van der Waals surface area contributed by atoms with E-state index in [9.17, 15) is 14.9 Å². The molecule has 142 valence electrons. The summed E-state index contributed by atoms with van der Waals surface area (Å²) in [5.41, 5.74) is 3.19. The lowest BCUT2D eigenvalue weighted by Crippen LogP contribution is -2.23. The van der Waals surface area contributed by atoms with E-state index in [1.54, 1.807) is 6.07 Å². The number of nitrogens with zero attached hydrogens (tertiary/aromatic N) is 3. The Kier molecular flexibility index (Phi) is 4.97. The minimum absolute atomic E-state index is 0.145. The first-order chi connectivity index (χ1) is 13.6. The van der Waals surface area contributed by atoms with Crippen LogP contribution in [0.5, 0.6) is 0 Å². The van der Waals surface area contributed by atoms with Gasteiger partial charge in [0, 0.05) is 17.8 Å². The molecule has 2 aromatic heterocycles. The number of rotatable bonds is 4. The van der Waals surface area contributed by atoms with Crippen LogP contribution in [-0.2, 0) is 24.2 Å². The summed E-state index contributed by atoms with van der Waals surface area (Å²) in [4.78, 5) is 30.7. The molecule has 3 aromatic rings. The van der Waals surface area contributed by atoms with Gasteiger partial charge in [0.25, 0.3) is 5.56 Å². The summed E-state index contributed by atoms with van der Waals surface area (Å²) in [5, 5.41) is 13.6. The molecule has 0 atom stereocenters. The second-order valence-corrected chi connectivity index (χ2v) is 8.14. The molecule has 2 heterocycles. The number of carbonyl (C=O) groups is 1. The number of fused-ring (bicyclic) bond motifs is 2. The van der Waals surface area contributed by atoms with E-state index >= 15 is 0 Å². The van der Waals surface area contributed by atoms with Crippen molar-refractivity contribution in [1.29, 1.82) is 5.26 Å². The summed E-state index contributed by atoms with van der Waals surface area (Å²) in [6, 6.07) is 7.75. The molecule has 0 aliphatic heterocycles. The van der Waals surface area contributed by atoms with Gasteiger partial charge in [-0.3, -0.25) is 14.2 Å². The first-order valence-corrected chi connectivity index (χ1v) is 10.2. The highest BCUT2D eigenvalue weighted by Crippen LogP contribution is 2.37. The molecule has 0 saturated heterocycles. The summed E-state index contributed by atoms with van der Waals surface area (Å²) in [5.74, 6) is -0.202. The van der Waals surface area contributed by atoms with E-state index in [-0.39, 0.29) is 24.4 Å². The molecule has 1 amide bonds. The van der Waals surface area contributed by atoms with Crippen molar-refractivity contribution in [2.24, 2.45) is 0 Å². The summed E-state index contributed by atoms with van der Waals surface area (Å²) >= 11 is 1.51. The predicted octanol–water partition coefficient (Wildman–Crippen LogP) is 3.55. The van der Waals surface area contributed by atoms with Crippen LogP contribution in [0.2, 0.25) is 0 Å². The Morgan fingerprint density at radius 3 is 3.00 bits per heavy atom. The first kappa shape index (κ1) is 18.4. The van der Waals surface area contributed by atoms with Gasteiger partial charge in [-0.25, -0.2) is 4.98 Å². The number of para-hydroxylation sites is 1. The molecule has 0 fully saturated rings. The standard InChI is InChI=1S/C21H20N4O2S/c1-13-5-4-7-15-19(13)23-12-25(21(15)27)10-9-18(26)24-20-16(11-22)14-6-2-3-8-17(14)28-20/h4-5,7,12H,2-3,6,8-10H2,1H3,(H,24,26). The maximum absolute atomic E-state index is 12.6. The van der Waals surface area contributed by atoms with E-state index in [1.165, 1.54) is 27.1 Å². The smallest absolute Gasteiger partial charge is 0.261 e. The van der Waals surface area contributed by atoms with Gasteiger partial charge in [0.1, 0.15) is 11.1 Å². The molecule has 4 rings (SSSR count). The lowest BCUT2D eigenvalue weighted by molar-refractivity contribution is -0.116. The van der Waals surface area contributed by atoms with Gasteiger partial charge < -0.3 is 5.32 Å². The molecule has 0 saturated carbocycles. The Morgan fingerprint density at radius 2 is 2.18 bits per heavy atom. The topological polar surface area (TPSA) is 87.8 Å². The number of amides is 1. The van der Waals surface area contributed by atoms with Gasteiger partial charge in [0.05, 0.1) is 22.8 Å². The van der Waals surface area contributed by atoms with Gasteiger partial charge in [-0.15, -0.1) is 11.3 Å². The van der Waals surface area contributed by atoms with Gasteiger partial charge >= 0.3 is 0 Å². The number of carbonyl (C=O) groups excluding carboxylic acids is 1. The van der Waals surface area contributed by atoms with Crippen LogP contribution in [0.15, 0.2) is 29.3 Å². The number of nitrogens with one attached hydrogen (secondary N) is 1. The fourth-order valence-corrected chi connectivity index (χ4v) is 4.94. The molecule has 0 unspecified atom stereocenters. The second kappa shape index (κ2) is 7.56. The van der Waals surface area contributed by atoms with E-state index in [4.69, 9.17) is 0 Å². The molecule has 0 bridgehead atoms. The van der Waals surface area contributed by atoms with E-state index < -0.39 is 0 Å². The molecule has 1 aliphatic carbocycles. The summed E-state index contributed by atoms with van der Waals surface area (Å²) in [6.45, 7) is 2.16. The molecule has 0 spiro atoms. The van der Waals surface area contributed by atoms with Crippen LogP contribution in [0.25, 0.3) is 10.9 Å². The summed E-state index contributed by atoms with van der Waals surface area (Å²) < 4.78 is 1.46. The van der Waals surface area contributed by atoms with Crippen LogP contribution < -0.4 is 10.9 Å². The zero-order chi connectivity index (χ0) is 19.7. The van der Waals surface area contributed by atoms with Gasteiger partial charge in [0.2, 0.25) is 5.91 Å². The normalized spacial score (nSPS) is 13.1. The number of anilines is 1. The van der Waals surface area contributed by atoms with Crippen LogP contribution >= 0.6 is 11.3 Å². The Morgan fingerprint density at radius 1 is 1.36 bits per heavy atom. The number of aromatic nitrogens is 2. The first-order valence-electron chi connectivity index (χ1n) is 9.37. The van der Waals surface area contributed by atoms with E-state index in [0.29, 0.717) is 21.5 Å². The molecule has 1 aromatic carbocycles. The van der Waals surface area contributed by atoms with Gasteiger partial charge in [-0.1, -0.05) is 12.1 Å². The molecular weight excluding hydrogens is 372 g/mol. The minimum Gasteiger partial charge on any atom is -0.317 e. The largest absolute Gasteiger partial charge is 0.317 e. The van der Waals surface area contributed by atoms with Crippen LogP contribution in [0.4, 0.5) is 5.00 Å². The van der Waals surface area contributed by atoms with Gasteiger partial charge in [0.15, 0.2) is 0 Å². The lowest BCUT2D eigenvalue weighted by atomic mass is 9.96. The molecular formula is C21H20N4O2S. The third-order valence-electron chi connectivity index (χ3n) is 5.17. The number of hydrogen-bond donors (Lipinski definition) is 1. The van der Waals surface area contributed by atoms with Crippen molar-refractivity contribution in [2.45, 2.75) is 45.6 Å². The number of benzene rings is 1. The van der Waals surface area contributed by atoms with Crippen molar-refractivity contribution >= 4 is 33.1 Å². The van der Waals surface area contributed by atoms with Crippen LogP contribution in [0.3, 0.4) is 0 Å². The maximum atomic E-state index is 12.6. The summed E-state index contributed by atoms with van der Waals surface area (Å²) in [7, 11) is 0. The molecule has 28 heavy (non-hydrogen) atoms. The van der Waals surface area contributed by atoms with Gasteiger partial charge in [-0.2, -0.15) is 5.26 Å². The Hall–Kier alpha value is -2.98. The van der Waals surface area contributed by atoms with E-state index in [1.807, 2.05) is 19.1 Å². The highest BCUT2D eigenvalue weighted by atomic mass is 32.1. The fourth-order valence-electron chi connectivity index (χ4n) is 3.68. The van der Waals surface area contributed by atoms with Crippen molar-refractivity contribution in [3.8, 4) is 6.07 Å². The fraction of sp³-hybridized carbons (Fsp3) is 0.333. The van der Waals surface area contributed by atoms with Crippen molar-refractivity contribution < 1.29 is 4.79 Å². The van der Waals surface area contributed by atoms with Gasteiger partial charge in [-0.05, 0) is 49.8 Å². The monoisotopic (exact) mass is 392 g/mol. The maximum Gasteiger partial charge on any atom is 0.261 e. The van der Waals surface area contributed by atoms with Crippen LogP contribution in [0.1, 0.15) is 40.8 Å². The Bertz CT molecular complexity index is 1170. The SMILES string of the molecule is Cc1cccc2c(=O)n(CCC(=O)Nc3sc4c(c3C#N)CCCC4)cnc12. The summed E-state index contributed by atoms with van der Waals surface area (Å²) in [6.07, 6.45) is 5.73. The van der Waals surface area contributed by atoms with E-state index in [2.05, 4.69) is 16.4 Å². The number of aryl methyl sites for hydroxylation is 3. The van der Waals surface area contributed by atoms with Crippen LogP contribution in [0, 0.1) is 18.3 Å². The molecule has 6 nitrogen and oxygen atoms in total. The number of nitriles is 1. The minimum atomic E-state index is -0.202. The average Bonchev–Trinajstić information content (AvgIpc) is 3.05. The van der Waals surface area contributed by atoms with Crippen molar-refractivity contribution in [3.05, 3.63) is 56.4 Å². The van der Waals surface area contributed by atoms with Crippen LogP contribution in [-0.4, -0.2) is 15.5 Å². The predicted molar refractivity (Wildman–Crippen MR) is 110 cm³/mol. The molecule has 1 aliphatic rings. The quantitative estimate of drug-likeness (QED) is 0.735. The van der Waals surface area contributed by atoms with Crippen molar-refractivity contribution in [1.82, 2.24) is 9.55 Å². The molecule has 0 radical (unpaired) electrons. The zero-order valence-electron chi connectivity index (χ0n) is 15.6. The van der Waals surface area contributed by atoms with Crippen molar-refractivity contribution in [3.63, 3.8) is 0 Å². The number of thiophene rings is 1. The lowest BCUT2D eigenvalue weighted by Gasteiger charge is -2.09. The molecule has 7 heteroatoms. The van der Waals surface area contributed by atoms with E-state index in [0.717, 1.165) is 36.8 Å². The zero-order valence-corrected chi connectivity index (χ0v) is 16.4. The molecule has 1 N–H and O–H groups in total. The van der Waals surface area contributed by atoms with Crippen molar-refractivity contribution in [2.75, 3.05) is 5.32 Å². The number of hydrogen-bond acceptors (Lipinski definition) is 5. The highest BCUT2D eigenvalue weighted by Gasteiger charge is 2.21. The second-order valence-electron chi connectivity index (χ2n) is 7.04. The Balaban J connectivity index is 1.49. The highest BCUT2D eigenvalue weighted by molar-refractivity contribution is 7.16. The third-order valence-corrected chi connectivity index (χ3v) is 6.38. The average molecular weight is 392 g/mol. The third kappa shape index (κ3) is 3.32. The Labute approximate surface area is 166 Å².